The number of nitrogens with zero attached hydrogens (tertiary/aromatic N) is 1. The van der Waals surface area contributed by atoms with Crippen LogP contribution in [-0.2, 0) is 22.6 Å². The minimum absolute atomic E-state index is 0.0144. The van der Waals surface area contributed by atoms with Crippen molar-refractivity contribution in [3.05, 3.63) is 149 Å². The molecule has 0 aliphatic heterocycles. The van der Waals surface area contributed by atoms with Gasteiger partial charge in [0.15, 0.2) is 11.6 Å². The average molecular weight is 661 g/mol. The first-order valence-corrected chi connectivity index (χ1v) is 15.3. The molecular formula is C39H33FN2O7. The van der Waals surface area contributed by atoms with Gasteiger partial charge in [-0.1, -0.05) is 60.2 Å². The zero-order valence-corrected chi connectivity index (χ0v) is 26.8. The highest BCUT2D eigenvalue weighted by molar-refractivity contribution is 5.97. The molecule has 0 unspecified atom stereocenters. The van der Waals surface area contributed by atoms with E-state index in [-0.39, 0.29) is 30.2 Å². The van der Waals surface area contributed by atoms with E-state index >= 15 is 0 Å². The van der Waals surface area contributed by atoms with Gasteiger partial charge in [0.1, 0.15) is 12.3 Å². The Hall–Kier alpha value is -6.29. The lowest BCUT2D eigenvalue weighted by Gasteiger charge is -2.21. The van der Waals surface area contributed by atoms with Gasteiger partial charge in [-0.2, -0.15) is 0 Å². The SMILES string of the molecule is COc1cc(CC(=O)Nc2ccc(C(=O)N(CC(=O)O)Cc3ccc(OC(=O)c4ccc(-c5ccc(C)cc5)cc4)cc3)cc2)ccc1F. The Kier molecular flexibility index (Phi) is 10.8. The molecule has 0 spiro atoms. The number of benzene rings is 5. The van der Waals surface area contributed by atoms with Crippen LogP contribution in [0.25, 0.3) is 11.1 Å². The molecule has 0 heterocycles. The minimum Gasteiger partial charge on any atom is -0.494 e. The number of hydrogen-bond donors (Lipinski definition) is 2. The van der Waals surface area contributed by atoms with Crippen LogP contribution >= 0.6 is 0 Å². The third-order valence-corrected chi connectivity index (χ3v) is 7.62. The number of rotatable bonds is 12. The molecule has 0 atom stereocenters. The fourth-order valence-electron chi connectivity index (χ4n) is 5.04. The monoisotopic (exact) mass is 660 g/mol. The molecule has 0 saturated carbocycles. The maximum atomic E-state index is 13.7. The number of carboxylic acids is 1. The maximum Gasteiger partial charge on any atom is 0.343 e. The summed E-state index contributed by atoms with van der Waals surface area (Å²) in [7, 11) is 1.34. The number of anilines is 1. The molecule has 0 aromatic heterocycles. The smallest absolute Gasteiger partial charge is 0.343 e. The number of aryl methyl sites for hydroxylation is 1. The summed E-state index contributed by atoms with van der Waals surface area (Å²) in [6, 6.07) is 31.9. The quantitative estimate of drug-likeness (QED) is 0.110. The molecule has 10 heteroatoms. The summed E-state index contributed by atoms with van der Waals surface area (Å²) in [6.45, 7) is 1.46. The first-order valence-electron chi connectivity index (χ1n) is 15.3. The van der Waals surface area contributed by atoms with Crippen molar-refractivity contribution in [2.75, 3.05) is 19.0 Å². The summed E-state index contributed by atoms with van der Waals surface area (Å²) in [5.41, 5.74) is 5.39. The lowest BCUT2D eigenvalue weighted by Crippen LogP contribution is -2.35. The highest BCUT2D eigenvalue weighted by Crippen LogP contribution is 2.23. The summed E-state index contributed by atoms with van der Waals surface area (Å²) in [5, 5.41) is 12.2. The van der Waals surface area contributed by atoms with Crippen LogP contribution in [0.1, 0.15) is 37.4 Å². The molecule has 9 nitrogen and oxygen atoms in total. The molecule has 2 N–H and O–H groups in total. The second-order valence-corrected chi connectivity index (χ2v) is 11.3. The van der Waals surface area contributed by atoms with Crippen LogP contribution in [0.5, 0.6) is 11.5 Å². The van der Waals surface area contributed by atoms with E-state index in [1.807, 2.05) is 43.3 Å². The number of carboxylic acid groups (broad SMARTS) is 1. The van der Waals surface area contributed by atoms with Gasteiger partial charge in [0.2, 0.25) is 5.91 Å². The lowest BCUT2D eigenvalue weighted by molar-refractivity contribution is -0.137. The van der Waals surface area contributed by atoms with Crippen LogP contribution in [0.2, 0.25) is 0 Å². The van der Waals surface area contributed by atoms with Crippen molar-refractivity contribution in [1.29, 1.82) is 0 Å². The molecular weight excluding hydrogens is 627 g/mol. The van der Waals surface area contributed by atoms with E-state index in [9.17, 15) is 28.7 Å². The van der Waals surface area contributed by atoms with Gasteiger partial charge < -0.3 is 24.8 Å². The number of carbonyl (C=O) groups excluding carboxylic acids is 3. The summed E-state index contributed by atoms with van der Waals surface area (Å²) >= 11 is 0. The van der Waals surface area contributed by atoms with Crippen LogP contribution in [-0.4, -0.2) is 47.4 Å². The number of aliphatic carboxylic acids is 1. The molecule has 0 aliphatic rings. The van der Waals surface area contributed by atoms with Crippen molar-refractivity contribution in [2.45, 2.75) is 19.9 Å². The normalized spacial score (nSPS) is 10.6. The fraction of sp³-hybridized carbons (Fsp3) is 0.128. The van der Waals surface area contributed by atoms with Gasteiger partial charge >= 0.3 is 11.9 Å². The van der Waals surface area contributed by atoms with Crippen LogP contribution in [0.3, 0.4) is 0 Å². The van der Waals surface area contributed by atoms with E-state index in [2.05, 4.69) is 5.32 Å². The van der Waals surface area contributed by atoms with E-state index in [1.54, 1.807) is 36.4 Å². The second kappa shape index (κ2) is 15.5. The number of ether oxygens (including phenoxy) is 2. The third-order valence-electron chi connectivity index (χ3n) is 7.62. The predicted octanol–water partition coefficient (Wildman–Crippen LogP) is 6.94. The Bertz CT molecular complexity index is 1960. The number of esters is 1. The number of amides is 2. The molecule has 0 bridgehead atoms. The predicted molar refractivity (Wildman–Crippen MR) is 182 cm³/mol. The van der Waals surface area contributed by atoms with Crippen molar-refractivity contribution in [1.82, 2.24) is 4.90 Å². The first kappa shape index (κ1) is 34.1. The third kappa shape index (κ3) is 9.17. The second-order valence-electron chi connectivity index (χ2n) is 11.3. The Labute approximate surface area is 282 Å². The van der Waals surface area contributed by atoms with Gasteiger partial charge in [-0.3, -0.25) is 14.4 Å². The van der Waals surface area contributed by atoms with Crippen molar-refractivity contribution in [3.63, 3.8) is 0 Å². The van der Waals surface area contributed by atoms with Crippen molar-refractivity contribution < 1.29 is 38.1 Å². The number of nitrogens with one attached hydrogen (secondary N) is 1. The van der Waals surface area contributed by atoms with Gasteiger partial charge in [-0.15, -0.1) is 0 Å². The minimum atomic E-state index is -1.19. The first-order chi connectivity index (χ1) is 23.6. The van der Waals surface area contributed by atoms with Crippen molar-refractivity contribution in [3.8, 4) is 22.6 Å². The Balaban J connectivity index is 1.18. The van der Waals surface area contributed by atoms with E-state index in [0.29, 0.717) is 28.1 Å². The zero-order chi connectivity index (χ0) is 34.9. The molecule has 5 aromatic rings. The summed E-state index contributed by atoms with van der Waals surface area (Å²) in [5.74, 6) is -2.79. The van der Waals surface area contributed by atoms with E-state index in [4.69, 9.17) is 9.47 Å². The zero-order valence-electron chi connectivity index (χ0n) is 26.8. The van der Waals surface area contributed by atoms with Crippen LogP contribution in [0, 0.1) is 12.7 Å². The number of carbonyl (C=O) groups is 4. The van der Waals surface area contributed by atoms with Gasteiger partial charge in [0, 0.05) is 17.8 Å². The molecule has 0 radical (unpaired) electrons. The Morgan fingerprint density at radius 2 is 1.35 bits per heavy atom. The van der Waals surface area contributed by atoms with Gasteiger partial charge in [-0.25, -0.2) is 9.18 Å². The Morgan fingerprint density at radius 3 is 1.96 bits per heavy atom. The van der Waals surface area contributed by atoms with Crippen LogP contribution < -0.4 is 14.8 Å². The lowest BCUT2D eigenvalue weighted by atomic mass is 10.0. The van der Waals surface area contributed by atoms with E-state index in [1.165, 1.54) is 54.5 Å². The highest BCUT2D eigenvalue weighted by Gasteiger charge is 2.20. The largest absolute Gasteiger partial charge is 0.494 e. The molecule has 5 rings (SSSR count). The Morgan fingerprint density at radius 1 is 0.755 bits per heavy atom. The standard InChI is InChI=1S/C39H33FN2O7/c1-25-3-8-28(9-4-25)29-10-12-31(13-11-29)39(47)49-33-18-5-26(6-19-33)23-42(24-37(44)45)38(46)30-14-16-32(17-15-30)41-36(43)22-27-7-20-34(40)35(21-27)48-2/h3-21H,22-24H2,1-2H3,(H,41,43)(H,44,45). The average Bonchev–Trinajstić information content (AvgIpc) is 3.10. The fourth-order valence-corrected chi connectivity index (χ4v) is 5.04. The summed E-state index contributed by atoms with van der Waals surface area (Å²) in [4.78, 5) is 51.4. The van der Waals surface area contributed by atoms with E-state index in [0.717, 1.165) is 16.7 Å². The summed E-state index contributed by atoms with van der Waals surface area (Å²) < 4.78 is 24.1. The number of hydrogen-bond acceptors (Lipinski definition) is 6. The number of methoxy groups -OCH3 is 1. The molecule has 248 valence electrons. The van der Waals surface area contributed by atoms with E-state index < -0.39 is 30.2 Å². The van der Waals surface area contributed by atoms with Crippen LogP contribution in [0.15, 0.2) is 115 Å². The number of halogens is 1. The van der Waals surface area contributed by atoms with Crippen molar-refractivity contribution >= 4 is 29.4 Å². The van der Waals surface area contributed by atoms with Crippen LogP contribution in [0.4, 0.5) is 10.1 Å². The topological polar surface area (TPSA) is 122 Å². The van der Waals surface area contributed by atoms with Gasteiger partial charge in [0.25, 0.3) is 5.91 Å². The molecule has 0 aliphatic carbocycles. The molecule has 0 fully saturated rings. The molecule has 5 aromatic carbocycles. The molecule has 0 saturated heterocycles. The molecule has 49 heavy (non-hydrogen) atoms. The molecule has 2 amide bonds. The van der Waals surface area contributed by atoms with Crippen molar-refractivity contribution in [2.24, 2.45) is 0 Å². The summed E-state index contributed by atoms with van der Waals surface area (Å²) in [6.07, 6.45) is -0.0245. The maximum absolute atomic E-state index is 13.7. The highest BCUT2D eigenvalue weighted by atomic mass is 19.1. The van der Waals surface area contributed by atoms with Gasteiger partial charge in [-0.05, 0) is 89.8 Å². The van der Waals surface area contributed by atoms with Gasteiger partial charge in [0.05, 0.1) is 19.1 Å².